The van der Waals surface area contributed by atoms with Gasteiger partial charge in [-0.15, -0.1) is 0 Å². The number of benzene rings is 1. The quantitative estimate of drug-likeness (QED) is 0.866. The van der Waals surface area contributed by atoms with Gasteiger partial charge in [0, 0.05) is 0 Å². The Morgan fingerprint density at radius 2 is 2.11 bits per heavy atom. The molecule has 0 aliphatic carbocycles. The number of rotatable bonds is 3. The first-order chi connectivity index (χ1) is 8.56. The molecule has 0 amide bonds. The van der Waals surface area contributed by atoms with Gasteiger partial charge in [0.05, 0.1) is 12.2 Å². The third-order valence-electron chi connectivity index (χ3n) is 2.42. The zero-order chi connectivity index (χ0) is 13.1. The van der Waals surface area contributed by atoms with Crippen molar-refractivity contribution in [2.75, 3.05) is 5.32 Å². The van der Waals surface area contributed by atoms with Crippen LogP contribution in [-0.4, -0.2) is 9.97 Å². The van der Waals surface area contributed by atoms with Crippen molar-refractivity contribution in [2.24, 2.45) is 0 Å². The molecule has 0 saturated carbocycles. The second kappa shape index (κ2) is 5.27. The highest BCUT2D eigenvalue weighted by atomic mass is 35.5. The molecule has 2 aromatic rings. The van der Waals surface area contributed by atoms with Gasteiger partial charge in [0.2, 0.25) is 5.28 Å². The van der Waals surface area contributed by atoms with Gasteiger partial charge >= 0.3 is 0 Å². The van der Waals surface area contributed by atoms with Gasteiger partial charge in [-0.1, -0.05) is 12.1 Å². The molecule has 0 spiro atoms. The first-order valence-electron chi connectivity index (χ1n) is 5.26. The summed E-state index contributed by atoms with van der Waals surface area (Å²) in [6.07, 6.45) is 0.982. The van der Waals surface area contributed by atoms with Gasteiger partial charge in [-0.3, -0.25) is 0 Å². The molecule has 1 unspecified atom stereocenters. The monoisotopic (exact) mass is 269 g/mol. The molecule has 0 fully saturated rings. The van der Waals surface area contributed by atoms with E-state index in [4.69, 9.17) is 11.6 Å². The van der Waals surface area contributed by atoms with Crippen LogP contribution in [0.2, 0.25) is 5.28 Å². The average molecular weight is 270 g/mol. The number of anilines is 1. The Morgan fingerprint density at radius 3 is 2.83 bits per heavy atom. The van der Waals surface area contributed by atoms with Gasteiger partial charge in [0.25, 0.3) is 0 Å². The maximum Gasteiger partial charge on any atom is 0.224 e. The minimum atomic E-state index is -0.609. The van der Waals surface area contributed by atoms with E-state index in [0.29, 0.717) is 5.56 Å². The van der Waals surface area contributed by atoms with Crippen molar-refractivity contribution in [1.82, 2.24) is 9.97 Å². The van der Waals surface area contributed by atoms with Gasteiger partial charge in [0.1, 0.15) is 5.82 Å². The zero-order valence-corrected chi connectivity index (χ0v) is 10.2. The largest absolute Gasteiger partial charge is 0.361 e. The Kier molecular flexibility index (Phi) is 3.72. The second-order valence-electron chi connectivity index (χ2n) is 3.76. The summed E-state index contributed by atoms with van der Waals surface area (Å²) < 4.78 is 26.5. The molecule has 2 rings (SSSR count). The Morgan fingerprint density at radius 1 is 1.33 bits per heavy atom. The Balaban J connectivity index is 2.21. The summed E-state index contributed by atoms with van der Waals surface area (Å²) in [5.41, 5.74) is 0.684. The van der Waals surface area contributed by atoms with E-state index in [9.17, 15) is 8.78 Å². The van der Waals surface area contributed by atoms with Crippen LogP contribution in [0.4, 0.5) is 14.6 Å². The van der Waals surface area contributed by atoms with Crippen molar-refractivity contribution in [3.8, 4) is 0 Å². The molecule has 1 heterocycles. The van der Waals surface area contributed by atoms with Crippen LogP contribution in [0.1, 0.15) is 18.5 Å². The van der Waals surface area contributed by atoms with E-state index < -0.39 is 5.82 Å². The Labute approximate surface area is 108 Å². The number of aromatic nitrogens is 2. The molecule has 1 aromatic carbocycles. The highest BCUT2D eigenvalue weighted by molar-refractivity contribution is 6.28. The van der Waals surface area contributed by atoms with Gasteiger partial charge in [-0.25, -0.2) is 13.8 Å². The lowest BCUT2D eigenvalue weighted by Crippen LogP contribution is -2.10. The lowest BCUT2D eigenvalue weighted by Gasteiger charge is -2.15. The summed E-state index contributed by atoms with van der Waals surface area (Å²) in [5, 5.41) is 2.77. The van der Waals surface area contributed by atoms with Crippen molar-refractivity contribution in [2.45, 2.75) is 13.0 Å². The molecule has 6 heteroatoms. The second-order valence-corrected chi connectivity index (χ2v) is 4.09. The van der Waals surface area contributed by atoms with Gasteiger partial charge < -0.3 is 5.32 Å². The van der Waals surface area contributed by atoms with Crippen LogP contribution in [-0.2, 0) is 0 Å². The summed E-state index contributed by atoms with van der Waals surface area (Å²) in [5.74, 6) is -0.961. The molecule has 94 valence electrons. The molecular formula is C12H10ClF2N3. The van der Waals surface area contributed by atoms with E-state index >= 15 is 0 Å². The number of halogens is 3. The SMILES string of the molecule is CC(Nc1nc(Cl)ncc1F)c1cccc(F)c1. The summed E-state index contributed by atoms with van der Waals surface area (Å²) in [6, 6.07) is 5.74. The van der Waals surface area contributed by atoms with Crippen LogP contribution < -0.4 is 5.32 Å². The van der Waals surface area contributed by atoms with E-state index in [1.807, 2.05) is 0 Å². The average Bonchev–Trinajstić information content (AvgIpc) is 2.34. The molecule has 0 radical (unpaired) electrons. The lowest BCUT2D eigenvalue weighted by atomic mass is 10.1. The van der Waals surface area contributed by atoms with Crippen LogP contribution in [0.25, 0.3) is 0 Å². The summed E-state index contributed by atoms with van der Waals surface area (Å²) in [7, 11) is 0. The standard InChI is InChI=1S/C12H10ClF2N3/c1-7(8-3-2-4-9(14)5-8)17-11-10(15)6-16-12(13)18-11/h2-7H,1H3,(H,16,17,18). The normalized spacial score (nSPS) is 12.2. The molecular weight excluding hydrogens is 260 g/mol. The topological polar surface area (TPSA) is 37.8 Å². The highest BCUT2D eigenvalue weighted by Crippen LogP contribution is 2.21. The predicted molar refractivity (Wildman–Crippen MR) is 65.4 cm³/mol. The maximum absolute atomic E-state index is 13.4. The first-order valence-corrected chi connectivity index (χ1v) is 5.64. The van der Waals surface area contributed by atoms with Gasteiger partial charge in [-0.2, -0.15) is 4.98 Å². The van der Waals surface area contributed by atoms with Crippen molar-refractivity contribution in [3.05, 3.63) is 52.9 Å². The lowest BCUT2D eigenvalue weighted by molar-refractivity contribution is 0.611. The molecule has 0 aliphatic heterocycles. The van der Waals surface area contributed by atoms with E-state index in [1.165, 1.54) is 12.1 Å². The van der Waals surface area contributed by atoms with E-state index in [0.717, 1.165) is 6.20 Å². The molecule has 18 heavy (non-hydrogen) atoms. The molecule has 3 nitrogen and oxygen atoms in total. The number of hydrogen-bond donors (Lipinski definition) is 1. The van der Waals surface area contributed by atoms with Crippen LogP contribution >= 0.6 is 11.6 Å². The Bertz CT molecular complexity index is 563. The third-order valence-corrected chi connectivity index (χ3v) is 2.60. The summed E-state index contributed by atoms with van der Waals surface area (Å²) >= 11 is 5.58. The molecule has 1 aromatic heterocycles. The van der Waals surface area contributed by atoms with E-state index in [1.54, 1.807) is 19.1 Å². The molecule has 0 saturated heterocycles. The minimum absolute atomic E-state index is 0.00763. The minimum Gasteiger partial charge on any atom is -0.361 e. The molecule has 1 atom stereocenters. The van der Waals surface area contributed by atoms with Crippen LogP contribution in [0.5, 0.6) is 0 Å². The fourth-order valence-electron chi connectivity index (χ4n) is 1.51. The van der Waals surface area contributed by atoms with Crippen LogP contribution in [0.3, 0.4) is 0 Å². The molecule has 1 N–H and O–H groups in total. The van der Waals surface area contributed by atoms with E-state index in [2.05, 4.69) is 15.3 Å². The van der Waals surface area contributed by atoms with Gasteiger partial charge in [-0.05, 0) is 36.2 Å². The number of nitrogens with one attached hydrogen (secondary N) is 1. The fraction of sp³-hybridized carbons (Fsp3) is 0.167. The van der Waals surface area contributed by atoms with Crippen molar-refractivity contribution in [3.63, 3.8) is 0 Å². The van der Waals surface area contributed by atoms with Crippen molar-refractivity contribution >= 4 is 17.4 Å². The predicted octanol–water partition coefficient (Wildman–Crippen LogP) is 3.58. The smallest absolute Gasteiger partial charge is 0.224 e. The molecule has 0 bridgehead atoms. The van der Waals surface area contributed by atoms with E-state index in [-0.39, 0.29) is 23.0 Å². The summed E-state index contributed by atoms with van der Waals surface area (Å²) in [6.45, 7) is 1.77. The zero-order valence-electron chi connectivity index (χ0n) is 9.49. The fourth-order valence-corrected chi connectivity index (χ4v) is 1.64. The highest BCUT2D eigenvalue weighted by Gasteiger charge is 2.11. The van der Waals surface area contributed by atoms with Crippen molar-refractivity contribution in [1.29, 1.82) is 0 Å². The van der Waals surface area contributed by atoms with Crippen LogP contribution in [0, 0.1) is 11.6 Å². The van der Waals surface area contributed by atoms with Crippen LogP contribution in [0.15, 0.2) is 30.5 Å². The summed E-state index contributed by atoms with van der Waals surface area (Å²) in [4.78, 5) is 7.25. The number of hydrogen-bond acceptors (Lipinski definition) is 3. The van der Waals surface area contributed by atoms with Gasteiger partial charge in [0.15, 0.2) is 11.6 Å². The first kappa shape index (κ1) is 12.7. The molecule has 0 aliphatic rings. The number of nitrogens with zero attached hydrogens (tertiary/aromatic N) is 2. The Hall–Kier alpha value is -1.75. The third kappa shape index (κ3) is 2.92. The van der Waals surface area contributed by atoms with Crippen molar-refractivity contribution < 1.29 is 8.78 Å². The maximum atomic E-state index is 13.4.